The Morgan fingerprint density at radius 2 is 2.19 bits per heavy atom. The van der Waals surface area contributed by atoms with Gasteiger partial charge >= 0.3 is 0 Å². The van der Waals surface area contributed by atoms with Crippen LogP contribution < -0.4 is 5.32 Å². The number of fused-ring (bicyclic) bond motifs is 2. The molecule has 0 atom stereocenters. The van der Waals surface area contributed by atoms with Crippen LogP contribution in [0.4, 0.5) is 9.52 Å². The number of hydrogen-bond acceptors (Lipinski definition) is 4. The van der Waals surface area contributed by atoms with Crippen LogP contribution in [-0.4, -0.2) is 21.7 Å². The Labute approximate surface area is 153 Å². The van der Waals surface area contributed by atoms with Crippen molar-refractivity contribution in [2.24, 2.45) is 5.41 Å². The molecule has 4 rings (SSSR count). The van der Waals surface area contributed by atoms with Crippen LogP contribution in [0.3, 0.4) is 0 Å². The second-order valence-electron chi connectivity index (χ2n) is 7.46. The van der Waals surface area contributed by atoms with Gasteiger partial charge in [0.05, 0.1) is 17.0 Å². The Morgan fingerprint density at radius 3 is 3.00 bits per heavy atom. The van der Waals surface area contributed by atoms with Crippen molar-refractivity contribution in [3.05, 3.63) is 46.3 Å². The molecule has 0 radical (unpaired) electrons. The van der Waals surface area contributed by atoms with Gasteiger partial charge in [-0.2, -0.15) is 0 Å². The van der Waals surface area contributed by atoms with Gasteiger partial charge in [-0.3, -0.25) is 9.59 Å². The SMILES string of the molecule is CC1(C)CC(=O)c2sc(NC(=O)Cc3c[nH]c4cc(F)ccc34)nc2C1. The third-order valence-corrected chi connectivity index (χ3v) is 5.62. The number of nitrogens with one attached hydrogen (secondary N) is 2. The molecule has 3 aromatic rings. The number of benzene rings is 1. The Balaban J connectivity index is 1.51. The maximum atomic E-state index is 13.3. The molecule has 2 aromatic heterocycles. The number of hydrogen-bond donors (Lipinski definition) is 2. The van der Waals surface area contributed by atoms with Gasteiger partial charge in [-0.15, -0.1) is 0 Å². The fraction of sp³-hybridized carbons (Fsp3) is 0.316. The van der Waals surface area contributed by atoms with E-state index in [-0.39, 0.29) is 29.3 Å². The topological polar surface area (TPSA) is 74.8 Å². The maximum Gasteiger partial charge on any atom is 0.230 e. The number of ketones is 1. The van der Waals surface area contributed by atoms with Gasteiger partial charge in [-0.1, -0.05) is 25.2 Å². The van der Waals surface area contributed by atoms with E-state index in [2.05, 4.69) is 15.3 Å². The molecule has 0 fully saturated rings. The Kier molecular flexibility index (Phi) is 3.91. The molecule has 0 spiro atoms. The Bertz CT molecular complexity index is 1030. The van der Waals surface area contributed by atoms with E-state index in [1.807, 2.05) is 13.8 Å². The predicted octanol–water partition coefficient (Wildman–Crippen LogP) is 4.10. The summed E-state index contributed by atoms with van der Waals surface area (Å²) in [6.45, 7) is 4.09. The molecule has 0 unspecified atom stereocenters. The molecule has 0 saturated heterocycles. The highest BCUT2D eigenvalue weighted by Crippen LogP contribution is 2.38. The summed E-state index contributed by atoms with van der Waals surface area (Å²) in [5.74, 6) is -0.447. The number of anilines is 1. The predicted molar refractivity (Wildman–Crippen MR) is 99.1 cm³/mol. The summed E-state index contributed by atoms with van der Waals surface area (Å²) in [7, 11) is 0. The van der Waals surface area contributed by atoms with Gasteiger partial charge in [0.25, 0.3) is 0 Å². The molecule has 134 valence electrons. The van der Waals surface area contributed by atoms with Gasteiger partial charge in [0, 0.05) is 23.5 Å². The van der Waals surface area contributed by atoms with Gasteiger partial charge < -0.3 is 10.3 Å². The number of thiazole rings is 1. The Morgan fingerprint density at radius 1 is 1.38 bits per heavy atom. The Hall–Kier alpha value is -2.54. The second-order valence-corrected chi connectivity index (χ2v) is 8.46. The van der Waals surface area contributed by atoms with E-state index >= 15 is 0 Å². The van der Waals surface area contributed by atoms with Crippen molar-refractivity contribution < 1.29 is 14.0 Å². The molecule has 7 heteroatoms. The van der Waals surface area contributed by atoms with Crippen LogP contribution in [0, 0.1) is 11.2 Å². The standard InChI is InChI=1S/C19H18FN3O2S/c1-19(2)7-14-17(15(24)8-19)26-18(22-14)23-16(25)5-10-9-21-13-6-11(20)3-4-12(10)13/h3-4,6,9,21H,5,7-8H2,1-2H3,(H,22,23,25). The largest absolute Gasteiger partial charge is 0.361 e. The van der Waals surface area contributed by atoms with E-state index in [4.69, 9.17) is 0 Å². The summed E-state index contributed by atoms with van der Waals surface area (Å²) < 4.78 is 13.3. The summed E-state index contributed by atoms with van der Waals surface area (Å²) >= 11 is 1.24. The minimum atomic E-state index is -0.323. The van der Waals surface area contributed by atoms with Crippen molar-refractivity contribution in [1.29, 1.82) is 0 Å². The normalized spacial score (nSPS) is 15.9. The summed E-state index contributed by atoms with van der Waals surface area (Å²) in [4.78, 5) is 32.7. The molecule has 0 bridgehead atoms. The summed E-state index contributed by atoms with van der Waals surface area (Å²) in [5, 5.41) is 4.06. The number of amides is 1. The minimum absolute atomic E-state index is 0.0907. The number of aromatic amines is 1. The first-order valence-electron chi connectivity index (χ1n) is 8.39. The maximum absolute atomic E-state index is 13.3. The number of H-pyrrole nitrogens is 1. The van der Waals surface area contributed by atoms with Crippen molar-refractivity contribution in [1.82, 2.24) is 9.97 Å². The van der Waals surface area contributed by atoms with E-state index in [1.54, 1.807) is 12.3 Å². The van der Waals surface area contributed by atoms with Gasteiger partial charge in [0.15, 0.2) is 10.9 Å². The van der Waals surface area contributed by atoms with Gasteiger partial charge in [0.2, 0.25) is 5.91 Å². The van der Waals surface area contributed by atoms with Gasteiger partial charge in [-0.05, 0) is 35.6 Å². The fourth-order valence-corrected chi connectivity index (χ4v) is 4.35. The minimum Gasteiger partial charge on any atom is -0.361 e. The lowest BCUT2D eigenvalue weighted by atomic mass is 9.78. The first kappa shape index (κ1) is 16.9. The van der Waals surface area contributed by atoms with Crippen LogP contribution in [0.15, 0.2) is 24.4 Å². The highest BCUT2D eigenvalue weighted by molar-refractivity contribution is 7.17. The van der Waals surface area contributed by atoms with Crippen molar-refractivity contribution in [3.63, 3.8) is 0 Å². The van der Waals surface area contributed by atoms with Crippen LogP contribution >= 0.6 is 11.3 Å². The third kappa shape index (κ3) is 3.14. The second kappa shape index (κ2) is 6.02. The highest BCUT2D eigenvalue weighted by Gasteiger charge is 2.34. The quantitative estimate of drug-likeness (QED) is 0.728. The zero-order chi connectivity index (χ0) is 18.5. The molecule has 2 heterocycles. The average molecular weight is 371 g/mol. The van der Waals surface area contributed by atoms with Crippen LogP contribution in [0.5, 0.6) is 0 Å². The van der Waals surface area contributed by atoms with E-state index in [9.17, 15) is 14.0 Å². The lowest BCUT2D eigenvalue weighted by molar-refractivity contribution is -0.115. The third-order valence-electron chi connectivity index (χ3n) is 4.56. The molecular formula is C19H18FN3O2S. The van der Waals surface area contributed by atoms with E-state index in [0.717, 1.165) is 23.1 Å². The van der Waals surface area contributed by atoms with Crippen molar-refractivity contribution >= 4 is 39.1 Å². The van der Waals surface area contributed by atoms with Crippen molar-refractivity contribution in [2.75, 3.05) is 5.32 Å². The molecule has 2 N–H and O–H groups in total. The highest BCUT2D eigenvalue weighted by atomic mass is 32.1. The number of Topliss-reactive ketones (excluding diaryl/α,β-unsaturated/α-hetero) is 1. The van der Waals surface area contributed by atoms with Gasteiger partial charge in [-0.25, -0.2) is 9.37 Å². The lowest BCUT2D eigenvalue weighted by Crippen LogP contribution is -2.26. The van der Waals surface area contributed by atoms with Crippen molar-refractivity contribution in [3.8, 4) is 0 Å². The average Bonchev–Trinajstić information content (AvgIpc) is 3.10. The number of carbonyl (C=O) groups excluding carboxylic acids is 2. The molecule has 1 aromatic carbocycles. The molecule has 1 aliphatic carbocycles. The summed E-state index contributed by atoms with van der Waals surface area (Å²) in [6, 6.07) is 4.44. The molecule has 0 aliphatic heterocycles. The molecule has 5 nitrogen and oxygen atoms in total. The molecule has 26 heavy (non-hydrogen) atoms. The zero-order valence-electron chi connectivity index (χ0n) is 14.5. The number of rotatable bonds is 3. The monoisotopic (exact) mass is 371 g/mol. The summed E-state index contributed by atoms with van der Waals surface area (Å²) in [5.41, 5.74) is 2.12. The first-order chi connectivity index (χ1) is 12.3. The van der Waals surface area contributed by atoms with Crippen molar-refractivity contribution in [2.45, 2.75) is 33.1 Å². The number of carbonyl (C=O) groups is 2. The zero-order valence-corrected chi connectivity index (χ0v) is 15.3. The van der Waals surface area contributed by atoms with Gasteiger partial charge in [0.1, 0.15) is 5.82 Å². The molecule has 1 amide bonds. The number of nitrogens with zero attached hydrogens (tertiary/aromatic N) is 1. The smallest absolute Gasteiger partial charge is 0.230 e. The first-order valence-corrected chi connectivity index (χ1v) is 9.21. The van der Waals surface area contributed by atoms with Crippen LogP contribution in [0.2, 0.25) is 0 Å². The van der Waals surface area contributed by atoms with E-state index < -0.39 is 0 Å². The molecule has 1 aliphatic rings. The lowest BCUT2D eigenvalue weighted by Gasteiger charge is -2.26. The van der Waals surface area contributed by atoms with Crippen LogP contribution in [0.25, 0.3) is 10.9 Å². The number of aromatic nitrogens is 2. The molecule has 0 saturated carbocycles. The van der Waals surface area contributed by atoms with Crippen LogP contribution in [-0.2, 0) is 17.6 Å². The molecular weight excluding hydrogens is 353 g/mol. The number of halogens is 1. The van der Waals surface area contributed by atoms with E-state index in [0.29, 0.717) is 21.9 Å². The van der Waals surface area contributed by atoms with E-state index in [1.165, 1.54) is 23.5 Å². The van der Waals surface area contributed by atoms with Crippen LogP contribution in [0.1, 0.15) is 41.2 Å². The fourth-order valence-electron chi connectivity index (χ4n) is 3.41. The summed E-state index contributed by atoms with van der Waals surface area (Å²) in [6.07, 6.45) is 3.09.